The third-order valence-electron chi connectivity index (χ3n) is 5.63. The third kappa shape index (κ3) is 5.84. The van der Waals surface area contributed by atoms with Crippen LogP contribution in [0.25, 0.3) is 0 Å². The smallest absolute Gasteiger partial charge is 0.229 e. The molecular formula is C25H31N5O3S. The van der Waals surface area contributed by atoms with Crippen LogP contribution in [0.15, 0.2) is 42.6 Å². The summed E-state index contributed by atoms with van der Waals surface area (Å²) >= 11 is 0. The maximum absolute atomic E-state index is 12.0. The van der Waals surface area contributed by atoms with Crippen molar-refractivity contribution < 1.29 is 13.2 Å². The topological polar surface area (TPSA) is 105 Å². The number of aromatic nitrogens is 2. The van der Waals surface area contributed by atoms with Gasteiger partial charge in [0.2, 0.25) is 16.0 Å². The average Bonchev–Trinajstić information content (AvgIpc) is 3.65. The van der Waals surface area contributed by atoms with E-state index in [4.69, 9.17) is 4.74 Å². The van der Waals surface area contributed by atoms with Gasteiger partial charge < -0.3 is 15.4 Å². The number of benzene rings is 2. The van der Waals surface area contributed by atoms with Crippen LogP contribution in [-0.4, -0.2) is 30.2 Å². The normalized spacial score (nSPS) is 13.5. The summed E-state index contributed by atoms with van der Waals surface area (Å²) in [6.07, 6.45) is 3.28. The van der Waals surface area contributed by atoms with Crippen LogP contribution < -0.4 is 20.1 Å². The quantitative estimate of drug-likeness (QED) is 0.379. The lowest BCUT2D eigenvalue weighted by atomic mass is 10.1. The van der Waals surface area contributed by atoms with Gasteiger partial charge in [0, 0.05) is 29.7 Å². The largest absolute Gasteiger partial charge is 0.493 e. The highest BCUT2D eigenvalue weighted by Crippen LogP contribution is 2.29. The number of aryl methyl sites for hydroxylation is 3. The molecule has 3 aromatic rings. The second-order valence-corrected chi connectivity index (χ2v) is 10.7. The summed E-state index contributed by atoms with van der Waals surface area (Å²) in [6, 6.07) is 11.7. The van der Waals surface area contributed by atoms with Crippen molar-refractivity contribution in [1.82, 2.24) is 14.7 Å². The van der Waals surface area contributed by atoms with Gasteiger partial charge in [-0.05, 0) is 81.5 Å². The van der Waals surface area contributed by atoms with Crippen LogP contribution in [-0.2, 0) is 16.6 Å². The van der Waals surface area contributed by atoms with Gasteiger partial charge in [-0.15, -0.1) is 0 Å². The summed E-state index contributed by atoms with van der Waals surface area (Å²) in [4.78, 5) is 9.06. The number of nitrogens with zero attached hydrogens (tertiary/aromatic N) is 2. The summed E-state index contributed by atoms with van der Waals surface area (Å²) in [7, 11) is -3.19. The number of anilines is 4. The van der Waals surface area contributed by atoms with Gasteiger partial charge in [-0.2, -0.15) is 4.98 Å². The zero-order chi connectivity index (χ0) is 24.3. The molecule has 0 amide bonds. The fourth-order valence-electron chi connectivity index (χ4n) is 3.68. The lowest BCUT2D eigenvalue weighted by Gasteiger charge is -2.15. The summed E-state index contributed by atoms with van der Waals surface area (Å²) in [5.74, 6) is 2.09. The van der Waals surface area contributed by atoms with Gasteiger partial charge in [0.1, 0.15) is 11.6 Å². The molecule has 1 fully saturated rings. The molecule has 0 atom stereocenters. The molecule has 1 aliphatic rings. The minimum atomic E-state index is -3.19. The molecule has 2 aromatic carbocycles. The number of ether oxygens (including phenoxy) is 1. The first-order valence-corrected chi connectivity index (χ1v) is 13.0. The Hall–Kier alpha value is -3.17. The van der Waals surface area contributed by atoms with Gasteiger partial charge in [0.15, 0.2) is 0 Å². The zero-order valence-electron chi connectivity index (χ0n) is 20.0. The highest BCUT2D eigenvalue weighted by Gasteiger charge is 2.35. The van der Waals surface area contributed by atoms with Crippen LogP contribution in [0.4, 0.5) is 23.1 Å². The van der Waals surface area contributed by atoms with Gasteiger partial charge >= 0.3 is 0 Å². The first-order valence-electron chi connectivity index (χ1n) is 11.4. The molecule has 0 radical (unpaired) electrons. The molecule has 8 nitrogen and oxygen atoms in total. The fraction of sp³-hybridized carbons (Fsp3) is 0.360. The Bertz CT molecular complexity index is 1250. The van der Waals surface area contributed by atoms with E-state index in [-0.39, 0.29) is 5.25 Å². The molecule has 180 valence electrons. The van der Waals surface area contributed by atoms with Crippen LogP contribution in [0.1, 0.15) is 42.0 Å². The van der Waals surface area contributed by atoms with Crippen molar-refractivity contribution in [2.75, 3.05) is 17.2 Å². The van der Waals surface area contributed by atoms with Gasteiger partial charge in [-0.25, -0.2) is 18.1 Å². The average molecular weight is 482 g/mol. The summed E-state index contributed by atoms with van der Waals surface area (Å²) in [5, 5.41) is 6.39. The van der Waals surface area contributed by atoms with Crippen molar-refractivity contribution in [3.63, 3.8) is 0 Å². The monoisotopic (exact) mass is 481 g/mol. The molecule has 4 rings (SSSR count). The Morgan fingerprint density at radius 1 is 0.971 bits per heavy atom. The van der Waals surface area contributed by atoms with Crippen LogP contribution in [0, 0.1) is 20.8 Å². The predicted octanol–water partition coefficient (Wildman–Crippen LogP) is 4.87. The SMILES string of the molecule is CCOc1c(C)cc(Nc2ncc(C)c(Nc3ccc(CNS(=O)(=O)C4CC4)cc3)n2)cc1C. The lowest BCUT2D eigenvalue weighted by Crippen LogP contribution is -2.26. The standard InChI is InChI=1S/C25H31N5O3S/c1-5-33-23-16(2)12-21(13-17(23)3)29-25-26-14-18(4)24(30-25)28-20-8-6-19(7-9-20)15-27-34(31,32)22-10-11-22/h6-9,12-14,22,27H,5,10-11,15H2,1-4H3,(H2,26,28,29,30). The number of nitrogens with one attached hydrogen (secondary N) is 3. The van der Waals surface area contributed by atoms with E-state index in [1.807, 2.05) is 64.1 Å². The van der Waals surface area contributed by atoms with Crippen molar-refractivity contribution in [2.45, 2.75) is 52.3 Å². The van der Waals surface area contributed by atoms with E-state index in [9.17, 15) is 8.42 Å². The minimum Gasteiger partial charge on any atom is -0.493 e. The molecule has 0 aliphatic heterocycles. The molecular weight excluding hydrogens is 450 g/mol. The molecule has 1 saturated carbocycles. The number of sulfonamides is 1. The zero-order valence-corrected chi connectivity index (χ0v) is 20.8. The van der Waals surface area contributed by atoms with Crippen molar-refractivity contribution in [3.8, 4) is 5.75 Å². The van der Waals surface area contributed by atoms with Gasteiger partial charge in [0.05, 0.1) is 11.9 Å². The molecule has 0 spiro atoms. The number of hydrogen-bond acceptors (Lipinski definition) is 7. The minimum absolute atomic E-state index is 0.215. The van der Waals surface area contributed by atoms with Crippen molar-refractivity contribution in [2.24, 2.45) is 0 Å². The molecule has 3 N–H and O–H groups in total. The van der Waals surface area contributed by atoms with Crippen LogP contribution in [0.5, 0.6) is 5.75 Å². The summed E-state index contributed by atoms with van der Waals surface area (Å²) in [5.41, 5.74) is 5.66. The van der Waals surface area contributed by atoms with Crippen LogP contribution in [0.2, 0.25) is 0 Å². The predicted molar refractivity (Wildman–Crippen MR) is 136 cm³/mol. The maximum Gasteiger partial charge on any atom is 0.229 e. The highest BCUT2D eigenvalue weighted by molar-refractivity contribution is 7.90. The van der Waals surface area contributed by atoms with Crippen molar-refractivity contribution >= 4 is 33.2 Å². The van der Waals surface area contributed by atoms with Crippen LogP contribution >= 0.6 is 0 Å². The molecule has 1 aliphatic carbocycles. The van der Waals surface area contributed by atoms with Crippen molar-refractivity contribution in [3.05, 3.63) is 64.8 Å². The Morgan fingerprint density at radius 2 is 1.65 bits per heavy atom. The Balaban J connectivity index is 1.43. The van der Waals surface area contributed by atoms with Gasteiger partial charge in [0.25, 0.3) is 0 Å². The Morgan fingerprint density at radius 3 is 2.26 bits per heavy atom. The fourth-order valence-corrected chi connectivity index (χ4v) is 5.04. The van der Waals surface area contributed by atoms with E-state index >= 15 is 0 Å². The Kier molecular flexibility index (Phi) is 7.04. The van der Waals surface area contributed by atoms with Gasteiger partial charge in [-0.1, -0.05) is 12.1 Å². The lowest BCUT2D eigenvalue weighted by molar-refractivity contribution is 0.335. The molecule has 0 saturated heterocycles. The number of hydrogen-bond donors (Lipinski definition) is 3. The van der Waals surface area contributed by atoms with E-state index in [1.54, 1.807) is 6.20 Å². The third-order valence-corrected chi connectivity index (χ3v) is 7.53. The van der Waals surface area contributed by atoms with E-state index in [0.29, 0.717) is 24.9 Å². The van der Waals surface area contributed by atoms with E-state index in [0.717, 1.165) is 52.2 Å². The molecule has 1 aromatic heterocycles. The Labute approximate surface area is 201 Å². The number of rotatable bonds is 10. The van der Waals surface area contributed by atoms with E-state index in [2.05, 4.69) is 25.3 Å². The van der Waals surface area contributed by atoms with Crippen molar-refractivity contribution in [1.29, 1.82) is 0 Å². The second-order valence-electron chi connectivity index (χ2n) is 8.61. The van der Waals surface area contributed by atoms with Crippen LogP contribution in [0.3, 0.4) is 0 Å². The first kappa shape index (κ1) is 24.0. The van der Waals surface area contributed by atoms with Gasteiger partial charge in [-0.3, -0.25) is 0 Å². The molecule has 0 unspecified atom stereocenters. The molecule has 1 heterocycles. The second kappa shape index (κ2) is 9.99. The van der Waals surface area contributed by atoms with E-state index in [1.165, 1.54) is 0 Å². The molecule has 34 heavy (non-hydrogen) atoms. The maximum atomic E-state index is 12.0. The first-order chi connectivity index (χ1) is 16.2. The molecule has 0 bridgehead atoms. The summed E-state index contributed by atoms with van der Waals surface area (Å²) in [6.45, 7) is 8.88. The summed E-state index contributed by atoms with van der Waals surface area (Å²) < 4.78 is 32.4. The molecule has 9 heteroatoms. The van der Waals surface area contributed by atoms with E-state index < -0.39 is 10.0 Å². The highest BCUT2D eigenvalue weighted by atomic mass is 32.2.